The molecule has 0 aromatic heterocycles. The van der Waals surface area contributed by atoms with Crippen LogP contribution >= 0.6 is 0 Å². The molecule has 0 bridgehead atoms. The zero-order chi connectivity index (χ0) is 15.3. The second-order valence-corrected chi connectivity index (χ2v) is 6.66. The van der Waals surface area contributed by atoms with Gasteiger partial charge in [0.2, 0.25) is 0 Å². The van der Waals surface area contributed by atoms with Crippen LogP contribution in [-0.2, 0) is 14.3 Å². The van der Waals surface area contributed by atoms with E-state index in [9.17, 15) is 4.79 Å². The van der Waals surface area contributed by atoms with Crippen LogP contribution in [0, 0.1) is 5.92 Å². The van der Waals surface area contributed by atoms with E-state index in [4.69, 9.17) is 9.47 Å². The van der Waals surface area contributed by atoms with Crippen molar-refractivity contribution >= 4 is 5.91 Å². The molecular weight excluding hydrogens is 268 g/mol. The number of rotatable bonds is 6. The third-order valence-corrected chi connectivity index (χ3v) is 4.67. The highest BCUT2D eigenvalue weighted by molar-refractivity contribution is 5.85. The molecule has 2 fully saturated rings. The lowest BCUT2D eigenvalue weighted by Crippen LogP contribution is -2.55. The summed E-state index contributed by atoms with van der Waals surface area (Å²) in [5.41, 5.74) is -0.613. The summed E-state index contributed by atoms with van der Waals surface area (Å²) in [5, 5.41) is 3.29. The highest BCUT2D eigenvalue weighted by atomic mass is 16.5. The maximum absolute atomic E-state index is 12.8. The van der Waals surface area contributed by atoms with Crippen LogP contribution in [0.5, 0.6) is 0 Å². The van der Waals surface area contributed by atoms with Gasteiger partial charge in [-0.3, -0.25) is 4.79 Å². The monoisotopic (exact) mass is 298 g/mol. The number of carbonyl (C=O) groups excluding carboxylic acids is 1. The molecule has 2 saturated heterocycles. The smallest absolute Gasteiger partial charge is 0.254 e. The van der Waals surface area contributed by atoms with Gasteiger partial charge in [-0.15, -0.1) is 0 Å². The minimum absolute atomic E-state index is 0.154. The predicted octanol–water partition coefficient (Wildman–Crippen LogP) is 1.42. The van der Waals surface area contributed by atoms with Crippen molar-refractivity contribution in [1.29, 1.82) is 0 Å². The van der Waals surface area contributed by atoms with Crippen molar-refractivity contribution < 1.29 is 14.3 Å². The van der Waals surface area contributed by atoms with Crippen LogP contribution in [-0.4, -0.2) is 62.4 Å². The Balaban J connectivity index is 1.83. The average Bonchev–Trinajstić information content (AvgIpc) is 2.95. The van der Waals surface area contributed by atoms with E-state index < -0.39 is 5.60 Å². The van der Waals surface area contributed by atoms with Gasteiger partial charge in [0.25, 0.3) is 5.91 Å². The summed E-state index contributed by atoms with van der Waals surface area (Å²) >= 11 is 0. The number of piperidine rings is 1. The normalized spacial score (nSPS) is 25.5. The number of amides is 1. The number of ether oxygens (including phenoxy) is 2. The number of hydrogen-bond acceptors (Lipinski definition) is 4. The first-order valence-corrected chi connectivity index (χ1v) is 8.24. The molecule has 2 aliphatic rings. The fraction of sp³-hybridized carbons (Fsp3) is 0.938. The van der Waals surface area contributed by atoms with E-state index in [1.165, 1.54) is 0 Å². The van der Waals surface area contributed by atoms with Gasteiger partial charge in [-0.2, -0.15) is 0 Å². The van der Waals surface area contributed by atoms with Crippen molar-refractivity contribution in [2.24, 2.45) is 5.92 Å². The Kier molecular flexibility index (Phi) is 6.02. The van der Waals surface area contributed by atoms with Gasteiger partial charge < -0.3 is 19.7 Å². The topological polar surface area (TPSA) is 50.8 Å². The summed E-state index contributed by atoms with van der Waals surface area (Å²) < 4.78 is 11.5. The number of nitrogens with zero attached hydrogens (tertiary/aromatic N) is 1. The minimum Gasteiger partial charge on any atom is -0.376 e. The van der Waals surface area contributed by atoms with E-state index in [0.29, 0.717) is 5.92 Å². The zero-order valence-corrected chi connectivity index (χ0v) is 13.7. The van der Waals surface area contributed by atoms with E-state index in [0.717, 1.165) is 58.5 Å². The molecule has 5 nitrogen and oxygen atoms in total. The van der Waals surface area contributed by atoms with Gasteiger partial charge in [0.05, 0.1) is 6.10 Å². The lowest BCUT2D eigenvalue weighted by atomic mass is 9.90. The molecule has 2 rings (SSSR count). The van der Waals surface area contributed by atoms with Crippen molar-refractivity contribution in [3.63, 3.8) is 0 Å². The molecule has 0 aromatic carbocycles. The van der Waals surface area contributed by atoms with Crippen LogP contribution < -0.4 is 5.32 Å². The summed E-state index contributed by atoms with van der Waals surface area (Å²) in [6.07, 6.45) is 3.75. The summed E-state index contributed by atoms with van der Waals surface area (Å²) in [4.78, 5) is 14.7. The van der Waals surface area contributed by atoms with Crippen molar-refractivity contribution in [3.05, 3.63) is 0 Å². The van der Waals surface area contributed by atoms with E-state index in [2.05, 4.69) is 19.2 Å². The van der Waals surface area contributed by atoms with Crippen LogP contribution in [0.2, 0.25) is 0 Å². The maximum Gasteiger partial charge on any atom is 0.254 e. The number of hydrogen-bond donors (Lipinski definition) is 1. The standard InChI is InChI=1S/C16H30N2O3/c1-13(2)5-11-21-14-4-10-18(12-14)15(19)16(20-3)6-8-17-9-7-16/h13-14,17H,4-12H2,1-3H3. The van der Waals surface area contributed by atoms with Gasteiger partial charge in [-0.25, -0.2) is 0 Å². The van der Waals surface area contributed by atoms with Gasteiger partial charge >= 0.3 is 0 Å². The summed E-state index contributed by atoms with van der Waals surface area (Å²) in [7, 11) is 1.66. The van der Waals surface area contributed by atoms with Crippen LogP contribution in [0.15, 0.2) is 0 Å². The quantitative estimate of drug-likeness (QED) is 0.806. The summed E-state index contributed by atoms with van der Waals surface area (Å²) in [6.45, 7) is 8.41. The highest BCUT2D eigenvalue weighted by Crippen LogP contribution is 2.27. The molecule has 2 heterocycles. The lowest BCUT2D eigenvalue weighted by molar-refractivity contribution is -0.157. The minimum atomic E-state index is -0.613. The zero-order valence-electron chi connectivity index (χ0n) is 13.7. The van der Waals surface area contributed by atoms with E-state index in [-0.39, 0.29) is 12.0 Å². The van der Waals surface area contributed by atoms with Gasteiger partial charge in [0, 0.05) is 26.8 Å². The first-order valence-electron chi connectivity index (χ1n) is 8.24. The maximum atomic E-state index is 12.8. The molecule has 5 heteroatoms. The van der Waals surface area contributed by atoms with Gasteiger partial charge in [-0.05, 0) is 44.7 Å². The fourth-order valence-electron chi connectivity index (χ4n) is 3.14. The van der Waals surface area contributed by atoms with Gasteiger partial charge in [0.15, 0.2) is 0 Å². The Bertz CT molecular complexity index is 340. The van der Waals surface area contributed by atoms with Crippen LogP contribution in [0.4, 0.5) is 0 Å². The summed E-state index contributed by atoms with van der Waals surface area (Å²) in [6, 6.07) is 0. The molecule has 0 radical (unpaired) electrons. The molecule has 21 heavy (non-hydrogen) atoms. The average molecular weight is 298 g/mol. The van der Waals surface area contributed by atoms with Crippen molar-refractivity contribution in [1.82, 2.24) is 10.2 Å². The van der Waals surface area contributed by atoms with Crippen LogP contribution in [0.25, 0.3) is 0 Å². The molecule has 2 aliphatic heterocycles. The molecule has 0 aromatic rings. The van der Waals surface area contributed by atoms with Crippen molar-refractivity contribution in [3.8, 4) is 0 Å². The van der Waals surface area contributed by atoms with Crippen LogP contribution in [0.3, 0.4) is 0 Å². The number of nitrogens with one attached hydrogen (secondary N) is 1. The molecule has 0 spiro atoms. The molecule has 1 unspecified atom stereocenters. The summed E-state index contributed by atoms with van der Waals surface area (Å²) in [5.74, 6) is 0.817. The van der Waals surface area contributed by atoms with E-state index in [1.54, 1.807) is 7.11 Å². The SMILES string of the molecule is COC1(C(=O)N2CCC(OCCC(C)C)C2)CCNCC1. The molecule has 1 N–H and O–H groups in total. The number of methoxy groups -OCH3 is 1. The molecular formula is C16H30N2O3. The lowest BCUT2D eigenvalue weighted by Gasteiger charge is -2.37. The van der Waals surface area contributed by atoms with Crippen LogP contribution in [0.1, 0.15) is 39.5 Å². The molecule has 0 aliphatic carbocycles. The van der Waals surface area contributed by atoms with Crippen molar-refractivity contribution in [2.45, 2.75) is 51.2 Å². The molecule has 1 atom stereocenters. The highest BCUT2D eigenvalue weighted by Gasteiger charge is 2.44. The Morgan fingerprint density at radius 1 is 1.38 bits per heavy atom. The second-order valence-electron chi connectivity index (χ2n) is 6.66. The fourth-order valence-corrected chi connectivity index (χ4v) is 3.14. The largest absolute Gasteiger partial charge is 0.376 e. The van der Waals surface area contributed by atoms with Crippen molar-refractivity contribution in [2.75, 3.05) is 39.9 Å². The first kappa shape index (κ1) is 16.7. The molecule has 1 amide bonds. The third-order valence-electron chi connectivity index (χ3n) is 4.67. The molecule has 0 saturated carbocycles. The second kappa shape index (κ2) is 7.56. The Morgan fingerprint density at radius 2 is 2.10 bits per heavy atom. The molecule has 122 valence electrons. The van der Waals surface area contributed by atoms with E-state index >= 15 is 0 Å². The Hall–Kier alpha value is -0.650. The number of carbonyl (C=O) groups is 1. The Morgan fingerprint density at radius 3 is 2.71 bits per heavy atom. The first-order chi connectivity index (χ1) is 10.1. The Labute approximate surface area is 128 Å². The third kappa shape index (κ3) is 4.18. The van der Waals surface area contributed by atoms with Gasteiger partial charge in [-0.1, -0.05) is 13.8 Å². The number of likely N-dealkylation sites (tertiary alicyclic amines) is 1. The predicted molar refractivity (Wildman–Crippen MR) is 82.2 cm³/mol. The van der Waals surface area contributed by atoms with Gasteiger partial charge in [0.1, 0.15) is 5.60 Å². The van der Waals surface area contributed by atoms with E-state index in [1.807, 2.05) is 4.90 Å².